The molecule has 0 saturated heterocycles. The van der Waals surface area contributed by atoms with E-state index < -0.39 is 0 Å². The van der Waals surface area contributed by atoms with E-state index in [1.165, 1.54) is 12.1 Å². The molecule has 2 aromatic rings. The number of hydrogen-bond acceptors (Lipinski definition) is 3. The average Bonchev–Trinajstić information content (AvgIpc) is 2.56. The van der Waals surface area contributed by atoms with Crippen molar-refractivity contribution in [2.75, 3.05) is 13.6 Å². The van der Waals surface area contributed by atoms with Gasteiger partial charge in [0.05, 0.1) is 15.2 Å². The number of halogens is 1. The van der Waals surface area contributed by atoms with Gasteiger partial charge in [-0.15, -0.1) is 11.3 Å². The highest BCUT2D eigenvalue weighted by atomic mass is 32.1. The highest BCUT2D eigenvalue weighted by molar-refractivity contribution is 7.18. The molecule has 0 spiro atoms. The van der Waals surface area contributed by atoms with Crippen LogP contribution in [0.25, 0.3) is 10.2 Å². The van der Waals surface area contributed by atoms with Crippen LogP contribution < -0.4 is 5.32 Å². The van der Waals surface area contributed by atoms with E-state index in [1.54, 1.807) is 17.4 Å². The van der Waals surface area contributed by atoms with E-state index >= 15 is 0 Å². The Kier molecular flexibility index (Phi) is 2.74. The summed E-state index contributed by atoms with van der Waals surface area (Å²) in [5, 5.41) is 4.12. The van der Waals surface area contributed by atoms with Gasteiger partial charge in [0.15, 0.2) is 0 Å². The lowest BCUT2D eigenvalue weighted by atomic mass is 10.3. The van der Waals surface area contributed by atoms with Crippen LogP contribution in [0.5, 0.6) is 0 Å². The molecule has 2 rings (SSSR count). The Morgan fingerprint density at radius 2 is 2.36 bits per heavy atom. The van der Waals surface area contributed by atoms with Gasteiger partial charge < -0.3 is 5.32 Å². The van der Waals surface area contributed by atoms with Gasteiger partial charge >= 0.3 is 0 Å². The Bertz CT molecular complexity index is 439. The summed E-state index contributed by atoms with van der Waals surface area (Å²) in [6.07, 6.45) is 0.900. The van der Waals surface area contributed by atoms with Gasteiger partial charge in [0.2, 0.25) is 0 Å². The Morgan fingerprint density at radius 3 is 3.14 bits per heavy atom. The van der Waals surface area contributed by atoms with Crippen LogP contribution in [0.1, 0.15) is 5.01 Å². The standard InChI is InChI=1S/C10H11FN2S/c1-12-5-4-10-13-8-3-2-7(11)6-9(8)14-10/h2-3,6,12H,4-5H2,1H3. The molecule has 0 bridgehead atoms. The third-order valence-electron chi connectivity index (χ3n) is 1.98. The van der Waals surface area contributed by atoms with Crippen LogP contribution in [0.2, 0.25) is 0 Å². The van der Waals surface area contributed by atoms with Crippen molar-refractivity contribution < 1.29 is 4.39 Å². The van der Waals surface area contributed by atoms with Crippen molar-refractivity contribution in [3.05, 3.63) is 29.0 Å². The van der Waals surface area contributed by atoms with Gasteiger partial charge in [0.1, 0.15) is 5.82 Å². The maximum atomic E-state index is 12.9. The molecule has 0 unspecified atom stereocenters. The molecule has 0 aliphatic rings. The van der Waals surface area contributed by atoms with E-state index in [-0.39, 0.29) is 5.82 Å². The first kappa shape index (κ1) is 9.55. The zero-order chi connectivity index (χ0) is 9.97. The van der Waals surface area contributed by atoms with Crippen LogP contribution in [-0.2, 0) is 6.42 Å². The van der Waals surface area contributed by atoms with Crippen molar-refractivity contribution in [2.45, 2.75) is 6.42 Å². The zero-order valence-corrected chi connectivity index (χ0v) is 8.70. The maximum Gasteiger partial charge on any atom is 0.124 e. The zero-order valence-electron chi connectivity index (χ0n) is 7.88. The summed E-state index contributed by atoms with van der Waals surface area (Å²) in [5.74, 6) is -0.193. The highest BCUT2D eigenvalue weighted by Crippen LogP contribution is 2.22. The normalized spacial score (nSPS) is 11.0. The molecule has 1 aromatic heterocycles. The first-order chi connectivity index (χ1) is 6.79. The molecular weight excluding hydrogens is 199 g/mol. The van der Waals surface area contributed by atoms with Crippen molar-refractivity contribution >= 4 is 21.6 Å². The Labute approximate surface area is 85.8 Å². The van der Waals surface area contributed by atoms with E-state index in [9.17, 15) is 4.39 Å². The van der Waals surface area contributed by atoms with Gasteiger partial charge in [-0.05, 0) is 25.2 Å². The minimum absolute atomic E-state index is 0.193. The van der Waals surface area contributed by atoms with Crippen molar-refractivity contribution in [3.8, 4) is 0 Å². The first-order valence-corrected chi connectivity index (χ1v) is 5.31. The number of likely N-dealkylation sites (N-methyl/N-ethyl adjacent to an activating group) is 1. The van der Waals surface area contributed by atoms with Gasteiger partial charge in [-0.2, -0.15) is 0 Å². The topological polar surface area (TPSA) is 24.9 Å². The second-order valence-electron chi connectivity index (χ2n) is 3.07. The Morgan fingerprint density at radius 1 is 1.50 bits per heavy atom. The number of thiazole rings is 1. The molecule has 0 atom stereocenters. The molecule has 0 aliphatic carbocycles. The lowest BCUT2D eigenvalue weighted by Crippen LogP contribution is -2.09. The lowest BCUT2D eigenvalue weighted by Gasteiger charge is -1.92. The molecule has 1 aromatic carbocycles. The summed E-state index contributed by atoms with van der Waals surface area (Å²) in [5.41, 5.74) is 0.891. The number of nitrogens with zero attached hydrogens (tertiary/aromatic N) is 1. The molecular formula is C10H11FN2S. The van der Waals surface area contributed by atoms with Gasteiger partial charge in [-0.3, -0.25) is 0 Å². The summed E-state index contributed by atoms with van der Waals surface area (Å²) in [7, 11) is 1.91. The fourth-order valence-electron chi connectivity index (χ4n) is 1.29. The summed E-state index contributed by atoms with van der Waals surface area (Å²) in [6.45, 7) is 0.905. The minimum Gasteiger partial charge on any atom is -0.319 e. The predicted molar refractivity (Wildman–Crippen MR) is 57.2 cm³/mol. The molecule has 0 aliphatic heterocycles. The second kappa shape index (κ2) is 4.02. The number of fused-ring (bicyclic) bond motifs is 1. The second-order valence-corrected chi connectivity index (χ2v) is 4.19. The van der Waals surface area contributed by atoms with Crippen molar-refractivity contribution in [1.29, 1.82) is 0 Å². The first-order valence-electron chi connectivity index (χ1n) is 4.49. The number of nitrogens with one attached hydrogen (secondary N) is 1. The quantitative estimate of drug-likeness (QED) is 0.840. The van der Waals surface area contributed by atoms with E-state index in [0.29, 0.717) is 0 Å². The van der Waals surface area contributed by atoms with Crippen LogP contribution in [0.4, 0.5) is 4.39 Å². The van der Waals surface area contributed by atoms with Crippen LogP contribution in [0, 0.1) is 5.82 Å². The third-order valence-corrected chi connectivity index (χ3v) is 3.06. The molecule has 14 heavy (non-hydrogen) atoms. The summed E-state index contributed by atoms with van der Waals surface area (Å²) < 4.78 is 13.8. The minimum atomic E-state index is -0.193. The molecule has 74 valence electrons. The fraction of sp³-hybridized carbons (Fsp3) is 0.300. The molecule has 1 N–H and O–H groups in total. The molecule has 0 amide bonds. The number of hydrogen-bond donors (Lipinski definition) is 1. The average molecular weight is 210 g/mol. The molecule has 1 heterocycles. The van der Waals surface area contributed by atoms with Crippen molar-refractivity contribution in [3.63, 3.8) is 0 Å². The van der Waals surface area contributed by atoms with Crippen LogP contribution in [0.3, 0.4) is 0 Å². The summed E-state index contributed by atoms with van der Waals surface area (Å²) in [4.78, 5) is 4.40. The SMILES string of the molecule is CNCCc1nc2ccc(F)cc2s1. The fourth-order valence-corrected chi connectivity index (χ4v) is 2.28. The van der Waals surface area contributed by atoms with Gasteiger partial charge in [0.25, 0.3) is 0 Å². The smallest absolute Gasteiger partial charge is 0.124 e. The van der Waals surface area contributed by atoms with Crippen molar-refractivity contribution in [1.82, 2.24) is 10.3 Å². The van der Waals surface area contributed by atoms with E-state index in [0.717, 1.165) is 28.2 Å². The lowest BCUT2D eigenvalue weighted by molar-refractivity contribution is 0.630. The summed E-state index contributed by atoms with van der Waals surface area (Å²) in [6, 6.07) is 4.71. The largest absolute Gasteiger partial charge is 0.319 e. The van der Waals surface area contributed by atoms with Crippen molar-refractivity contribution in [2.24, 2.45) is 0 Å². The number of aromatic nitrogens is 1. The van der Waals surface area contributed by atoms with E-state index in [1.807, 2.05) is 7.05 Å². The maximum absolute atomic E-state index is 12.9. The van der Waals surface area contributed by atoms with Crippen LogP contribution in [-0.4, -0.2) is 18.6 Å². The van der Waals surface area contributed by atoms with Crippen LogP contribution >= 0.6 is 11.3 Å². The number of benzene rings is 1. The molecule has 0 fully saturated rings. The molecule has 0 saturated carbocycles. The highest BCUT2D eigenvalue weighted by Gasteiger charge is 2.03. The van der Waals surface area contributed by atoms with Crippen LogP contribution in [0.15, 0.2) is 18.2 Å². The Balaban J connectivity index is 2.32. The van der Waals surface area contributed by atoms with Gasteiger partial charge in [-0.1, -0.05) is 0 Å². The van der Waals surface area contributed by atoms with Gasteiger partial charge in [-0.25, -0.2) is 9.37 Å². The van der Waals surface area contributed by atoms with E-state index in [4.69, 9.17) is 0 Å². The molecule has 2 nitrogen and oxygen atoms in total. The number of rotatable bonds is 3. The molecule has 4 heteroatoms. The van der Waals surface area contributed by atoms with Gasteiger partial charge in [0, 0.05) is 13.0 Å². The summed E-state index contributed by atoms with van der Waals surface area (Å²) >= 11 is 1.56. The monoisotopic (exact) mass is 210 g/mol. The Hall–Kier alpha value is -1.000. The third kappa shape index (κ3) is 1.91. The molecule has 0 radical (unpaired) electrons. The van der Waals surface area contributed by atoms with E-state index in [2.05, 4.69) is 10.3 Å². The predicted octanol–water partition coefficient (Wildman–Crippen LogP) is 2.20.